The Hall–Kier alpha value is -2.63. The van der Waals surface area contributed by atoms with Crippen molar-refractivity contribution < 1.29 is 14.3 Å². The number of rotatable bonds is 2. The maximum Gasteiger partial charge on any atom is 0.254 e. The number of benzene rings is 1. The molecule has 0 spiro atoms. The van der Waals surface area contributed by atoms with Gasteiger partial charge in [0.25, 0.3) is 5.91 Å². The Morgan fingerprint density at radius 2 is 2.04 bits per heavy atom. The maximum atomic E-state index is 12.9. The lowest BCUT2D eigenvalue weighted by Crippen LogP contribution is -2.39. The minimum Gasteiger partial charge on any atom is -0.486 e. The third-order valence-corrected chi connectivity index (χ3v) is 4.50. The average molecular weight is 325 g/mol. The Morgan fingerprint density at radius 1 is 1.17 bits per heavy atom. The highest BCUT2D eigenvalue weighted by atomic mass is 16.6. The Morgan fingerprint density at radius 3 is 2.88 bits per heavy atom. The Balaban J connectivity index is 1.51. The van der Waals surface area contributed by atoms with Gasteiger partial charge in [0, 0.05) is 43.2 Å². The van der Waals surface area contributed by atoms with Crippen molar-refractivity contribution in [3.63, 3.8) is 0 Å². The largest absolute Gasteiger partial charge is 0.486 e. The highest BCUT2D eigenvalue weighted by Gasteiger charge is 2.27. The first-order valence-corrected chi connectivity index (χ1v) is 8.26. The molecule has 24 heavy (non-hydrogen) atoms. The number of ether oxygens (including phenoxy) is 2. The van der Waals surface area contributed by atoms with Crippen LogP contribution in [0.3, 0.4) is 0 Å². The molecule has 4 rings (SSSR count). The molecule has 2 aliphatic heterocycles. The fourth-order valence-corrected chi connectivity index (χ4v) is 3.28. The summed E-state index contributed by atoms with van der Waals surface area (Å²) in [6, 6.07) is 5.40. The van der Waals surface area contributed by atoms with Crippen LogP contribution in [0, 0.1) is 0 Å². The van der Waals surface area contributed by atoms with Gasteiger partial charge in [-0.05, 0) is 31.0 Å². The van der Waals surface area contributed by atoms with E-state index >= 15 is 0 Å². The fourth-order valence-electron chi connectivity index (χ4n) is 3.28. The predicted octanol–water partition coefficient (Wildman–Crippen LogP) is 2.27. The SMILES string of the molecule is O=C(c1ccc2c(c1)OCCO2)N1CCC[C@H](c2cnccn2)C1. The number of aromatic nitrogens is 2. The van der Waals surface area contributed by atoms with Crippen molar-refractivity contribution in [2.45, 2.75) is 18.8 Å². The molecule has 0 aliphatic carbocycles. The lowest BCUT2D eigenvalue weighted by Gasteiger charge is -2.32. The van der Waals surface area contributed by atoms with Crippen LogP contribution < -0.4 is 9.47 Å². The predicted molar refractivity (Wildman–Crippen MR) is 87.3 cm³/mol. The molecule has 6 nitrogen and oxygen atoms in total. The van der Waals surface area contributed by atoms with Gasteiger partial charge in [-0.2, -0.15) is 0 Å². The van der Waals surface area contributed by atoms with Crippen LogP contribution >= 0.6 is 0 Å². The Kier molecular flexibility index (Phi) is 4.02. The number of fused-ring (bicyclic) bond motifs is 1. The third-order valence-electron chi connectivity index (χ3n) is 4.50. The molecular formula is C18H19N3O3. The number of amides is 1. The average Bonchev–Trinajstić information content (AvgIpc) is 2.68. The summed E-state index contributed by atoms with van der Waals surface area (Å²) in [6.07, 6.45) is 7.17. The van der Waals surface area contributed by atoms with Gasteiger partial charge in [0.05, 0.1) is 5.69 Å². The van der Waals surface area contributed by atoms with Crippen molar-refractivity contribution in [2.75, 3.05) is 26.3 Å². The summed E-state index contributed by atoms with van der Waals surface area (Å²) in [5.41, 5.74) is 1.59. The first kappa shape index (κ1) is 14.9. The molecular weight excluding hydrogens is 306 g/mol. The molecule has 1 atom stereocenters. The third kappa shape index (κ3) is 2.91. The van der Waals surface area contributed by atoms with Gasteiger partial charge in [-0.25, -0.2) is 0 Å². The minimum absolute atomic E-state index is 0.0283. The van der Waals surface area contributed by atoms with E-state index in [4.69, 9.17) is 9.47 Å². The van der Waals surface area contributed by atoms with Crippen LogP contribution in [0.2, 0.25) is 0 Å². The molecule has 1 saturated heterocycles. The van der Waals surface area contributed by atoms with Crippen molar-refractivity contribution in [3.05, 3.63) is 48.0 Å². The molecule has 2 aromatic rings. The lowest BCUT2D eigenvalue weighted by atomic mass is 9.94. The molecule has 3 heterocycles. The molecule has 1 aromatic carbocycles. The Labute approximate surface area is 140 Å². The van der Waals surface area contributed by atoms with Crippen molar-refractivity contribution in [1.29, 1.82) is 0 Å². The molecule has 1 aromatic heterocycles. The summed E-state index contributed by atoms with van der Waals surface area (Å²) >= 11 is 0. The summed E-state index contributed by atoms with van der Waals surface area (Å²) in [5, 5.41) is 0. The first-order valence-electron chi connectivity index (χ1n) is 8.26. The molecule has 2 aliphatic rings. The number of carbonyl (C=O) groups excluding carboxylic acids is 1. The zero-order chi connectivity index (χ0) is 16.4. The number of hydrogen-bond acceptors (Lipinski definition) is 5. The highest BCUT2D eigenvalue weighted by molar-refractivity contribution is 5.95. The zero-order valence-corrected chi connectivity index (χ0v) is 13.4. The van der Waals surface area contributed by atoms with Crippen molar-refractivity contribution in [1.82, 2.24) is 14.9 Å². The standard InChI is InChI=1S/C18H19N3O3/c22-18(13-3-4-16-17(10-13)24-9-8-23-16)21-7-1-2-14(12-21)15-11-19-5-6-20-15/h3-6,10-11,14H,1-2,7-9,12H2/t14-/m0/s1. The van der Waals surface area contributed by atoms with E-state index in [1.54, 1.807) is 24.7 Å². The molecule has 0 bridgehead atoms. The second-order valence-electron chi connectivity index (χ2n) is 6.08. The molecule has 124 valence electrons. The van der Waals surface area contributed by atoms with Crippen LogP contribution in [0.5, 0.6) is 11.5 Å². The highest BCUT2D eigenvalue weighted by Crippen LogP contribution is 2.32. The van der Waals surface area contributed by atoms with Gasteiger partial charge in [-0.15, -0.1) is 0 Å². The van der Waals surface area contributed by atoms with Gasteiger partial charge in [-0.3, -0.25) is 14.8 Å². The van der Waals surface area contributed by atoms with E-state index in [1.807, 2.05) is 17.0 Å². The lowest BCUT2D eigenvalue weighted by molar-refractivity contribution is 0.0704. The summed E-state index contributed by atoms with van der Waals surface area (Å²) < 4.78 is 11.1. The van der Waals surface area contributed by atoms with Crippen molar-refractivity contribution in [2.24, 2.45) is 0 Å². The smallest absolute Gasteiger partial charge is 0.254 e. The van der Waals surface area contributed by atoms with E-state index in [-0.39, 0.29) is 11.8 Å². The van der Waals surface area contributed by atoms with E-state index in [2.05, 4.69) is 9.97 Å². The topological polar surface area (TPSA) is 64.6 Å². The van der Waals surface area contributed by atoms with E-state index in [9.17, 15) is 4.79 Å². The van der Waals surface area contributed by atoms with Gasteiger partial charge in [0.15, 0.2) is 11.5 Å². The van der Waals surface area contributed by atoms with Gasteiger partial charge >= 0.3 is 0 Å². The first-order chi connectivity index (χ1) is 11.8. The molecule has 1 amide bonds. The monoisotopic (exact) mass is 325 g/mol. The van der Waals surface area contributed by atoms with Gasteiger partial charge in [-0.1, -0.05) is 0 Å². The van der Waals surface area contributed by atoms with E-state index in [1.165, 1.54) is 0 Å². The summed E-state index contributed by atoms with van der Waals surface area (Å²) in [5.74, 6) is 1.62. The van der Waals surface area contributed by atoms with Crippen LogP contribution in [0.4, 0.5) is 0 Å². The molecule has 0 saturated carbocycles. The molecule has 6 heteroatoms. The van der Waals surface area contributed by atoms with Crippen LogP contribution in [-0.4, -0.2) is 47.1 Å². The molecule has 1 fully saturated rings. The second-order valence-corrected chi connectivity index (χ2v) is 6.08. The van der Waals surface area contributed by atoms with Gasteiger partial charge < -0.3 is 14.4 Å². The molecule has 0 radical (unpaired) electrons. The summed E-state index contributed by atoms with van der Waals surface area (Å²) in [4.78, 5) is 23.3. The fraction of sp³-hybridized carbons (Fsp3) is 0.389. The van der Waals surface area contributed by atoms with Crippen LogP contribution in [0.25, 0.3) is 0 Å². The molecule has 0 N–H and O–H groups in total. The van der Waals surface area contributed by atoms with E-state index < -0.39 is 0 Å². The molecule has 0 unspecified atom stereocenters. The van der Waals surface area contributed by atoms with Crippen LogP contribution in [-0.2, 0) is 0 Å². The Bertz CT molecular complexity index is 736. The number of piperidine rings is 1. The van der Waals surface area contributed by atoms with Crippen LogP contribution in [0.1, 0.15) is 34.8 Å². The van der Waals surface area contributed by atoms with E-state index in [0.29, 0.717) is 36.8 Å². The summed E-state index contributed by atoms with van der Waals surface area (Å²) in [6.45, 7) is 2.51. The summed E-state index contributed by atoms with van der Waals surface area (Å²) in [7, 11) is 0. The number of carbonyl (C=O) groups is 1. The van der Waals surface area contributed by atoms with Crippen molar-refractivity contribution in [3.8, 4) is 11.5 Å². The minimum atomic E-state index is 0.0283. The normalized spacial score (nSPS) is 19.8. The maximum absolute atomic E-state index is 12.9. The number of likely N-dealkylation sites (tertiary alicyclic amines) is 1. The second kappa shape index (κ2) is 6.47. The number of nitrogens with zero attached hydrogens (tertiary/aromatic N) is 3. The van der Waals surface area contributed by atoms with Crippen LogP contribution in [0.15, 0.2) is 36.8 Å². The van der Waals surface area contributed by atoms with Gasteiger partial charge in [0.2, 0.25) is 0 Å². The zero-order valence-electron chi connectivity index (χ0n) is 13.4. The van der Waals surface area contributed by atoms with E-state index in [0.717, 1.165) is 25.1 Å². The number of hydrogen-bond donors (Lipinski definition) is 0. The van der Waals surface area contributed by atoms with Crippen molar-refractivity contribution >= 4 is 5.91 Å². The van der Waals surface area contributed by atoms with Gasteiger partial charge in [0.1, 0.15) is 13.2 Å². The quantitative estimate of drug-likeness (QED) is 0.847.